The molecule has 1 rings (SSSR count). The number of hydrogen-bond donors (Lipinski definition) is 1. The number of rotatable bonds is 5. The van der Waals surface area contributed by atoms with E-state index in [0.717, 1.165) is 18.9 Å². The second kappa shape index (κ2) is 4.47. The fourth-order valence-electron chi connectivity index (χ4n) is 1.71. The summed E-state index contributed by atoms with van der Waals surface area (Å²) >= 11 is 0. The molecule has 0 saturated carbocycles. The number of ether oxygens (including phenoxy) is 1. The van der Waals surface area contributed by atoms with E-state index in [1.807, 2.05) is 13.8 Å². The van der Waals surface area contributed by atoms with E-state index in [0.29, 0.717) is 12.8 Å². The number of hydrogen-bond acceptors (Lipinski definition) is 3. The summed E-state index contributed by atoms with van der Waals surface area (Å²) < 4.78 is 5.29. The second-order valence-electron chi connectivity index (χ2n) is 3.73. The summed E-state index contributed by atoms with van der Waals surface area (Å²) in [5.41, 5.74) is -0.913. The molecular formula is C11H16O4. The molecule has 4 nitrogen and oxygen atoms in total. The highest BCUT2D eigenvalue weighted by atomic mass is 16.5. The first-order valence-electron chi connectivity index (χ1n) is 5.24. The Kier molecular flexibility index (Phi) is 3.50. The van der Waals surface area contributed by atoms with Crippen molar-refractivity contribution in [1.82, 2.24) is 0 Å². The molecule has 0 bridgehead atoms. The number of carbonyl (C=O) groups excluding carboxylic acids is 1. The first kappa shape index (κ1) is 11.8. The van der Waals surface area contributed by atoms with Crippen LogP contribution in [0, 0.1) is 0 Å². The van der Waals surface area contributed by atoms with Gasteiger partial charge in [-0.2, -0.15) is 0 Å². The van der Waals surface area contributed by atoms with Crippen molar-refractivity contribution in [2.75, 3.05) is 0 Å². The zero-order valence-corrected chi connectivity index (χ0v) is 9.08. The largest absolute Gasteiger partial charge is 0.475 e. The molecule has 1 unspecified atom stereocenters. The van der Waals surface area contributed by atoms with Crippen LogP contribution in [-0.2, 0) is 14.3 Å². The highest BCUT2D eigenvalue weighted by molar-refractivity contribution is 6.05. The van der Waals surface area contributed by atoms with Crippen LogP contribution in [-0.4, -0.2) is 22.5 Å². The Hall–Kier alpha value is -1.32. The van der Waals surface area contributed by atoms with Gasteiger partial charge in [0.1, 0.15) is 0 Å². The van der Waals surface area contributed by atoms with E-state index in [-0.39, 0.29) is 11.5 Å². The van der Waals surface area contributed by atoms with E-state index >= 15 is 0 Å². The van der Waals surface area contributed by atoms with E-state index in [9.17, 15) is 9.59 Å². The number of unbranched alkanes of at least 4 members (excludes halogenated alkanes) is 1. The Morgan fingerprint density at radius 1 is 1.53 bits per heavy atom. The van der Waals surface area contributed by atoms with Crippen LogP contribution in [0.2, 0.25) is 0 Å². The smallest absolute Gasteiger partial charge is 0.371 e. The highest BCUT2D eigenvalue weighted by Crippen LogP contribution is 2.33. The van der Waals surface area contributed by atoms with Crippen LogP contribution < -0.4 is 0 Å². The molecule has 1 atom stereocenters. The minimum Gasteiger partial charge on any atom is -0.475 e. The average molecular weight is 212 g/mol. The van der Waals surface area contributed by atoms with Crippen LogP contribution in [0.1, 0.15) is 39.5 Å². The predicted molar refractivity (Wildman–Crippen MR) is 54.4 cm³/mol. The molecule has 0 aromatic heterocycles. The Morgan fingerprint density at radius 3 is 2.60 bits per heavy atom. The summed E-state index contributed by atoms with van der Waals surface area (Å²) in [6.07, 6.45) is 4.02. The molecule has 0 aliphatic carbocycles. The van der Waals surface area contributed by atoms with Gasteiger partial charge in [0.2, 0.25) is 11.5 Å². The molecule has 0 radical (unpaired) electrons. The molecule has 15 heavy (non-hydrogen) atoms. The number of aliphatic carboxylic acids is 1. The van der Waals surface area contributed by atoms with Gasteiger partial charge in [-0.25, -0.2) is 4.79 Å². The Labute approximate surface area is 88.9 Å². The van der Waals surface area contributed by atoms with Gasteiger partial charge in [0.05, 0.1) is 0 Å². The lowest BCUT2D eigenvalue weighted by atomic mass is 9.90. The summed E-state index contributed by atoms with van der Waals surface area (Å²) in [6.45, 7) is 3.86. The third-order valence-corrected chi connectivity index (χ3v) is 2.73. The molecule has 1 N–H and O–H groups in total. The van der Waals surface area contributed by atoms with Gasteiger partial charge in [0.15, 0.2) is 5.60 Å². The van der Waals surface area contributed by atoms with Gasteiger partial charge in [0, 0.05) is 6.08 Å². The van der Waals surface area contributed by atoms with Gasteiger partial charge in [-0.05, 0) is 19.3 Å². The predicted octanol–water partition coefficient (Wildman–Crippen LogP) is 1.89. The van der Waals surface area contributed by atoms with E-state index < -0.39 is 11.6 Å². The topological polar surface area (TPSA) is 63.6 Å². The Balaban J connectivity index is 2.79. The molecule has 0 fully saturated rings. The summed E-state index contributed by atoms with van der Waals surface area (Å²) in [5.74, 6) is -1.61. The van der Waals surface area contributed by atoms with E-state index in [1.165, 1.54) is 0 Å². The minimum atomic E-state index is -1.17. The lowest BCUT2D eigenvalue weighted by Crippen LogP contribution is -2.36. The van der Waals surface area contributed by atoms with Crippen molar-refractivity contribution in [2.24, 2.45) is 0 Å². The third kappa shape index (κ3) is 2.19. The fourth-order valence-corrected chi connectivity index (χ4v) is 1.71. The monoisotopic (exact) mass is 212 g/mol. The van der Waals surface area contributed by atoms with Gasteiger partial charge in [-0.3, -0.25) is 4.79 Å². The van der Waals surface area contributed by atoms with Crippen molar-refractivity contribution in [3.63, 3.8) is 0 Å². The van der Waals surface area contributed by atoms with Crippen LogP contribution in [0.25, 0.3) is 0 Å². The zero-order valence-electron chi connectivity index (χ0n) is 9.08. The summed E-state index contributed by atoms with van der Waals surface area (Å²) in [5, 5.41) is 8.74. The van der Waals surface area contributed by atoms with Crippen molar-refractivity contribution >= 4 is 11.8 Å². The van der Waals surface area contributed by atoms with Crippen LogP contribution in [0.5, 0.6) is 0 Å². The third-order valence-electron chi connectivity index (χ3n) is 2.73. The number of ketones is 1. The maximum absolute atomic E-state index is 11.7. The zero-order chi connectivity index (χ0) is 11.5. The van der Waals surface area contributed by atoms with Crippen molar-refractivity contribution < 1.29 is 19.4 Å². The second-order valence-corrected chi connectivity index (χ2v) is 3.73. The van der Waals surface area contributed by atoms with E-state index in [2.05, 4.69) is 0 Å². The van der Waals surface area contributed by atoms with Crippen molar-refractivity contribution in [3.05, 3.63) is 11.8 Å². The quantitative estimate of drug-likeness (QED) is 0.755. The molecular weight excluding hydrogens is 196 g/mol. The standard InChI is InChI=1S/C11H16O4/c1-3-5-6-11(4-2)9(12)7-8(15-11)10(13)14/h7H,3-6H2,1-2H3,(H,13,14). The van der Waals surface area contributed by atoms with Crippen LogP contribution in [0.4, 0.5) is 0 Å². The van der Waals surface area contributed by atoms with Gasteiger partial charge < -0.3 is 9.84 Å². The maximum atomic E-state index is 11.7. The molecule has 1 heterocycles. The average Bonchev–Trinajstić information content (AvgIpc) is 2.54. The molecule has 0 aromatic carbocycles. The van der Waals surface area contributed by atoms with Crippen LogP contribution in [0.15, 0.2) is 11.8 Å². The number of carboxylic acid groups (broad SMARTS) is 1. The molecule has 1 aliphatic heterocycles. The molecule has 1 aliphatic rings. The summed E-state index contributed by atoms with van der Waals surface area (Å²) in [6, 6.07) is 0. The first-order chi connectivity index (χ1) is 7.05. The Bertz CT molecular complexity index is 306. The normalized spacial score (nSPS) is 24.9. The molecule has 4 heteroatoms. The van der Waals surface area contributed by atoms with Crippen molar-refractivity contribution in [3.8, 4) is 0 Å². The fraction of sp³-hybridized carbons (Fsp3) is 0.636. The van der Waals surface area contributed by atoms with Gasteiger partial charge >= 0.3 is 5.97 Å². The van der Waals surface area contributed by atoms with Gasteiger partial charge in [0.25, 0.3) is 0 Å². The number of carboxylic acids is 1. The first-order valence-corrected chi connectivity index (χ1v) is 5.24. The molecule has 0 spiro atoms. The lowest BCUT2D eigenvalue weighted by Gasteiger charge is -2.26. The highest BCUT2D eigenvalue weighted by Gasteiger charge is 2.44. The van der Waals surface area contributed by atoms with Gasteiger partial charge in [-0.15, -0.1) is 0 Å². The SMILES string of the molecule is CCCCC1(CC)OC(C(=O)O)=CC1=O. The molecule has 84 valence electrons. The molecule has 0 amide bonds. The summed E-state index contributed by atoms with van der Waals surface area (Å²) in [7, 11) is 0. The molecule has 0 aromatic rings. The lowest BCUT2D eigenvalue weighted by molar-refractivity contribution is -0.142. The van der Waals surface area contributed by atoms with Crippen LogP contribution >= 0.6 is 0 Å². The van der Waals surface area contributed by atoms with Gasteiger partial charge in [-0.1, -0.05) is 20.3 Å². The minimum absolute atomic E-state index is 0.212. The maximum Gasteiger partial charge on any atom is 0.371 e. The molecule has 0 saturated heterocycles. The number of carbonyl (C=O) groups is 2. The van der Waals surface area contributed by atoms with Crippen molar-refractivity contribution in [1.29, 1.82) is 0 Å². The van der Waals surface area contributed by atoms with E-state index in [4.69, 9.17) is 9.84 Å². The Morgan fingerprint density at radius 2 is 2.20 bits per heavy atom. The van der Waals surface area contributed by atoms with Crippen LogP contribution in [0.3, 0.4) is 0 Å². The van der Waals surface area contributed by atoms with Crippen molar-refractivity contribution in [2.45, 2.75) is 45.1 Å². The van der Waals surface area contributed by atoms with E-state index in [1.54, 1.807) is 0 Å². The summed E-state index contributed by atoms with van der Waals surface area (Å²) in [4.78, 5) is 22.4.